The van der Waals surface area contributed by atoms with Gasteiger partial charge < -0.3 is 5.32 Å². The second kappa shape index (κ2) is 8.65. The Bertz CT molecular complexity index is 648. The molecule has 0 fully saturated rings. The van der Waals surface area contributed by atoms with Gasteiger partial charge in [0.2, 0.25) is 5.91 Å². The fourth-order valence-corrected chi connectivity index (χ4v) is 4.87. The summed E-state index contributed by atoms with van der Waals surface area (Å²) in [5.74, 6) is 0.588. The minimum atomic E-state index is -0.284. The van der Waals surface area contributed by atoms with Crippen molar-refractivity contribution in [3.63, 3.8) is 0 Å². The van der Waals surface area contributed by atoms with Gasteiger partial charge in [0.15, 0.2) is 8.68 Å². The Kier molecular flexibility index (Phi) is 6.86. The molecule has 0 saturated heterocycles. The van der Waals surface area contributed by atoms with Crippen LogP contribution >= 0.6 is 34.9 Å². The summed E-state index contributed by atoms with van der Waals surface area (Å²) in [4.78, 5) is 12.3. The van der Waals surface area contributed by atoms with E-state index in [4.69, 9.17) is 0 Å². The topological polar surface area (TPSA) is 54.9 Å². The van der Waals surface area contributed by atoms with Gasteiger partial charge in [0.1, 0.15) is 5.82 Å². The highest BCUT2D eigenvalue weighted by atomic mass is 32.2. The average Bonchev–Trinajstić information content (AvgIpc) is 2.95. The number of carbonyl (C=O) groups excluding carboxylic acids is 1. The number of nitrogens with zero attached hydrogens (tertiary/aromatic N) is 2. The number of benzene rings is 1. The molecule has 4 nitrogen and oxygen atoms in total. The molecule has 0 bridgehead atoms. The number of amides is 1. The van der Waals surface area contributed by atoms with Crippen LogP contribution in [0.3, 0.4) is 0 Å². The highest BCUT2D eigenvalue weighted by molar-refractivity contribution is 8.03. The van der Waals surface area contributed by atoms with E-state index in [1.165, 1.54) is 35.2 Å². The maximum absolute atomic E-state index is 12.9. The third kappa shape index (κ3) is 5.47. The number of carbonyl (C=O) groups is 1. The fourth-order valence-electron chi connectivity index (χ4n) is 1.80. The molecule has 0 aliphatic heterocycles. The first-order chi connectivity index (χ1) is 11.0. The molecule has 0 spiro atoms. The number of thioether (sulfide) groups is 2. The van der Waals surface area contributed by atoms with E-state index in [1.54, 1.807) is 23.9 Å². The van der Waals surface area contributed by atoms with Crippen LogP contribution in [-0.4, -0.2) is 27.1 Å². The van der Waals surface area contributed by atoms with Gasteiger partial charge in [0.25, 0.3) is 0 Å². The molecule has 2 atom stereocenters. The predicted octanol–water partition coefficient (Wildman–Crippen LogP) is 4.15. The molecular formula is C15H18FN3OS3. The van der Waals surface area contributed by atoms with Crippen molar-refractivity contribution >= 4 is 40.8 Å². The van der Waals surface area contributed by atoms with Crippen molar-refractivity contribution in [1.29, 1.82) is 0 Å². The molecule has 1 heterocycles. The smallest absolute Gasteiger partial charge is 0.233 e. The van der Waals surface area contributed by atoms with E-state index in [-0.39, 0.29) is 23.0 Å². The molecule has 0 aliphatic carbocycles. The summed E-state index contributed by atoms with van der Waals surface area (Å²) in [7, 11) is 0. The Labute approximate surface area is 147 Å². The standard InChI is InChI=1S/C15H18FN3OS3/c1-4-21-14-18-19-15(23-14)22-10(3)13(20)17-9(2)11-5-7-12(16)8-6-11/h5-10H,4H2,1-3H3,(H,17,20)/t9-,10+/m1/s1. The third-order valence-corrected chi connectivity index (χ3v) is 6.15. The summed E-state index contributed by atoms with van der Waals surface area (Å²) >= 11 is 4.54. The SMILES string of the molecule is CCSc1nnc(S[C@@H](C)C(=O)N[C@H](C)c2ccc(F)cc2)s1. The lowest BCUT2D eigenvalue weighted by molar-refractivity contribution is -0.120. The second-order valence-electron chi connectivity index (χ2n) is 4.81. The second-order valence-corrected chi connectivity index (χ2v) is 8.89. The maximum Gasteiger partial charge on any atom is 0.233 e. The molecule has 0 aliphatic rings. The quantitative estimate of drug-likeness (QED) is 0.741. The van der Waals surface area contributed by atoms with Gasteiger partial charge >= 0.3 is 0 Å². The predicted molar refractivity (Wildman–Crippen MR) is 94.6 cm³/mol. The van der Waals surface area contributed by atoms with E-state index in [9.17, 15) is 9.18 Å². The fraction of sp³-hybridized carbons (Fsp3) is 0.400. The molecular weight excluding hydrogens is 353 g/mol. The highest BCUT2D eigenvalue weighted by Crippen LogP contribution is 2.31. The van der Waals surface area contributed by atoms with Crippen molar-refractivity contribution in [3.8, 4) is 0 Å². The Morgan fingerprint density at radius 1 is 1.26 bits per heavy atom. The molecule has 23 heavy (non-hydrogen) atoms. The number of hydrogen-bond donors (Lipinski definition) is 1. The zero-order valence-electron chi connectivity index (χ0n) is 13.1. The van der Waals surface area contributed by atoms with Crippen molar-refractivity contribution in [2.75, 3.05) is 5.75 Å². The van der Waals surface area contributed by atoms with Crippen LogP contribution in [-0.2, 0) is 4.79 Å². The zero-order chi connectivity index (χ0) is 16.8. The summed E-state index contributed by atoms with van der Waals surface area (Å²) in [6, 6.07) is 5.97. The zero-order valence-corrected chi connectivity index (χ0v) is 15.5. The summed E-state index contributed by atoms with van der Waals surface area (Å²) in [5, 5.41) is 10.8. The van der Waals surface area contributed by atoms with Gasteiger partial charge in [-0.05, 0) is 37.3 Å². The molecule has 1 N–H and O–H groups in total. The van der Waals surface area contributed by atoms with Gasteiger partial charge in [-0.2, -0.15) is 0 Å². The van der Waals surface area contributed by atoms with Gasteiger partial charge in [0, 0.05) is 0 Å². The normalized spacial score (nSPS) is 13.6. The van der Waals surface area contributed by atoms with Crippen molar-refractivity contribution in [3.05, 3.63) is 35.6 Å². The molecule has 124 valence electrons. The minimum Gasteiger partial charge on any atom is -0.349 e. The Morgan fingerprint density at radius 2 is 1.91 bits per heavy atom. The molecule has 1 aromatic heterocycles. The van der Waals surface area contributed by atoms with E-state index in [0.717, 1.165) is 20.0 Å². The Hall–Kier alpha value is -1.12. The first-order valence-corrected chi connectivity index (χ1v) is 9.86. The summed E-state index contributed by atoms with van der Waals surface area (Å²) in [6.45, 7) is 5.78. The summed E-state index contributed by atoms with van der Waals surface area (Å²) < 4.78 is 14.6. The summed E-state index contributed by atoms with van der Waals surface area (Å²) in [6.07, 6.45) is 0. The number of halogens is 1. The Balaban J connectivity index is 1.89. The summed E-state index contributed by atoms with van der Waals surface area (Å²) in [5.41, 5.74) is 0.870. The van der Waals surface area contributed by atoms with Crippen molar-refractivity contribution in [2.24, 2.45) is 0 Å². The van der Waals surface area contributed by atoms with Gasteiger partial charge in [-0.1, -0.05) is 53.9 Å². The van der Waals surface area contributed by atoms with E-state index in [2.05, 4.69) is 22.4 Å². The van der Waals surface area contributed by atoms with Gasteiger partial charge in [-0.3, -0.25) is 4.79 Å². The number of rotatable bonds is 7. The first-order valence-electron chi connectivity index (χ1n) is 7.18. The molecule has 2 aromatic rings. The van der Waals surface area contributed by atoms with Crippen molar-refractivity contribution < 1.29 is 9.18 Å². The van der Waals surface area contributed by atoms with Crippen LogP contribution in [0.15, 0.2) is 32.9 Å². The van der Waals surface area contributed by atoms with E-state index < -0.39 is 0 Å². The molecule has 8 heteroatoms. The lowest BCUT2D eigenvalue weighted by Crippen LogP contribution is -2.33. The van der Waals surface area contributed by atoms with Crippen LogP contribution in [0, 0.1) is 5.82 Å². The van der Waals surface area contributed by atoms with E-state index in [0.29, 0.717) is 0 Å². The molecule has 1 aromatic carbocycles. The van der Waals surface area contributed by atoms with E-state index >= 15 is 0 Å². The van der Waals surface area contributed by atoms with Gasteiger partial charge in [-0.25, -0.2) is 4.39 Å². The lowest BCUT2D eigenvalue weighted by atomic mass is 10.1. The maximum atomic E-state index is 12.9. The lowest BCUT2D eigenvalue weighted by Gasteiger charge is -2.17. The van der Waals surface area contributed by atoms with Crippen LogP contribution in [0.1, 0.15) is 32.4 Å². The van der Waals surface area contributed by atoms with Crippen molar-refractivity contribution in [1.82, 2.24) is 15.5 Å². The highest BCUT2D eigenvalue weighted by Gasteiger charge is 2.19. The van der Waals surface area contributed by atoms with Crippen LogP contribution in [0.25, 0.3) is 0 Å². The largest absolute Gasteiger partial charge is 0.349 e. The Morgan fingerprint density at radius 3 is 2.57 bits per heavy atom. The van der Waals surface area contributed by atoms with Crippen LogP contribution in [0.2, 0.25) is 0 Å². The molecule has 0 unspecified atom stereocenters. The van der Waals surface area contributed by atoms with Crippen LogP contribution < -0.4 is 5.32 Å². The minimum absolute atomic E-state index is 0.0771. The molecule has 1 amide bonds. The first kappa shape index (κ1) is 18.2. The van der Waals surface area contributed by atoms with Crippen LogP contribution in [0.5, 0.6) is 0 Å². The molecule has 0 saturated carbocycles. The molecule has 0 radical (unpaired) electrons. The van der Waals surface area contributed by atoms with Crippen LogP contribution in [0.4, 0.5) is 4.39 Å². The number of nitrogens with one attached hydrogen (secondary N) is 1. The third-order valence-electron chi connectivity index (χ3n) is 3.03. The van der Waals surface area contributed by atoms with Crippen molar-refractivity contribution in [2.45, 2.75) is 40.7 Å². The number of hydrogen-bond acceptors (Lipinski definition) is 6. The molecule has 2 rings (SSSR count). The van der Waals surface area contributed by atoms with E-state index in [1.807, 2.05) is 13.8 Å². The monoisotopic (exact) mass is 371 g/mol. The average molecular weight is 372 g/mol. The van der Waals surface area contributed by atoms with Gasteiger partial charge in [-0.15, -0.1) is 10.2 Å². The number of aromatic nitrogens is 2. The van der Waals surface area contributed by atoms with Gasteiger partial charge in [0.05, 0.1) is 11.3 Å².